The summed E-state index contributed by atoms with van der Waals surface area (Å²) in [7, 11) is 0. The van der Waals surface area contributed by atoms with E-state index < -0.39 is 6.10 Å². The number of ketones is 2. The van der Waals surface area contributed by atoms with Gasteiger partial charge in [0.15, 0.2) is 11.6 Å². The minimum Gasteiger partial charge on any atom is -0.508 e. The summed E-state index contributed by atoms with van der Waals surface area (Å²) in [6.07, 6.45) is 6.28. The predicted octanol–water partition coefficient (Wildman–Crippen LogP) is 6.22. The number of aromatic amines is 2. The Morgan fingerprint density at radius 2 is 1.31 bits per heavy atom. The van der Waals surface area contributed by atoms with Gasteiger partial charge in [-0.2, -0.15) is 0 Å². The molecule has 2 aromatic carbocycles. The molecule has 0 unspecified atom stereocenters. The van der Waals surface area contributed by atoms with Crippen molar-refractivity contribution >= 4 is 33.4 Å². The molecule has 4 aromatic rings. The molecule has 6 aliphatic rings. The van der Waals surface area contributed by atoms with Crippen LogP contribution >= 0.6 is 0 Å². The molecule has 0 spiro atoms. The number of nitrogens with one attached hydrogen (secondary N) is 2. The highest BCUT2D eigenvalue weighted by atomic mass is 19.1. The minimum atomic E-state index is -0.404. The number of phenolic OH excluding ortho intramolecular Hbond substituents is 1. The summed E-state index contributed by atoms with van der Waals surface area (Å²) in [5.74, 6) is 1.06. The second-order valence-corrected chi connectivity index (χ2v) is 16.3. The number of phenols is 1. The van der Waals surface area contributed by atoms with Crippen molar-refractivity contribution in [3.05, 3.63) is 88.3 Å². The van der Waals surface area contributed by atoms with Gasteiger partial charge in [0.05, 0.1) is 29.8 Å². The second kappa shape index (κ2) is 12.1. The highest BCUT2D eigenvalue weighted by Crippen LogP contribution is 2.56. The highest BCUT2D eigenvalue weighted by molar-refractivity contribution is 5.95. The molecular formula is C42H47FN4O5. The molecule has 10 rings (SSSR count). The van der Waals surface area contributed by atoms with E-state index in [4.69, 9.17) is 0 Å². The molecule has 0 amide bonds. The zero-order valence-electron chi connectivity index (χ0n) is 30.1. The number of fused-ring (bicyclic) bond motifs is 14. The molecule has 10 atom stereocenters. The Morgan fingerprint density at radius 1 is 0.769 bits per heavy atom. The quantitative estimate of drug-likeness (QED) is 0.167. The van der Waals surface area contributed by atoms with E-state index in [2.05, 4.69) is 33.6 Å². The number of benzene rings is 2. The average Bonchev–Trinajstić information content (AvgIpc) is 3.85. The number of halogens is 1. The molecular weight excluding hydrogens is 659 g/mol. The summed E-state index contributed by atoms with van der Waals surface area (Å²) in [5.41, 5.74) is 8.02. The van der Waals surface area contributed by atoms with Gasteiger partial charge < -0.3 is 35.1 Å². The summed E-state index contributed by atoms with van der Waals surface area (Å²) in [6.45, 7) is 9.10. The van der Waals surface area contributed by atoms with Crippen LogP contribution in [0.1, 0.15) is 75.1 Å². The molecule has 2 aliphatic carbocycles. The van der Waals surface area contributed by atoms with Crippen molar-refractivity contribution < 1.29 is 29.3 Å². The van der Waals surface area contributed by atoms with Gasteiger partial charge in [-0.1, -0.05) is 26.0 Å². The first-order chi connectivity index (χ1) is 24.9. The van der Waals surface area contributed by atoms with Crippen LogP contribution in [0, 0.1) is 41.3 Å². The number of carbonyl (C=O) groups is 2. The first kappa shape index (κ1) is 33.4. The van der Waals surface area contributed by atoms with Crippen LogP contribution in [0.4, 0.5) is 4.39 Å². The molecule has 6 heterocycles. The third kappa shape index (κ3) is 4.86. The van der Waals surface area contributed by atoms with E-state index in [1.54, 1.807) is 26.0 Å². The third-order valence-corrected chi connectivity index (χ3v) is 13.7. The standard InChI is InChI=1S/C21H23FN2O2.C21H24N2O3/c1-10-17(26)8-14-15(11(2)25)9-24-7-6-13-12-4-3-5-16(22)19(12)23-20(13)21(24)18(10)14;1-10-18(26)8-15-16(11(2)24)9-23-6-5-13-14-7-12(25)3-4-17(14)22-20(13)21(23)19(10)15/h3-5,9-10,14,17-18,21,23,26H,6-8H2,1-2H3;3-4,7,9-10,15,18-19,21-22,25-26H,5-6,8H2,1-2H3/t10-,14+,17-,18+,21-;10-,15+,18-,19+,21-/m00/s1. The van der Waals surface area contributed by atoms with E-state index in [-0.39, 0.29) is 76.8 Å². The summed E-state index contributed by atoms with van der Waals surface area (Å²) < 4.78 is 14.3. The van der Waals surface area contributed by atoms with Gasteiger partial charge in [-0.15, -0.1) is 0 Å². The number of aromatic hydroxyl groups is 1. The van der Waals surface area contributed by atoms with Crippen molar-refractivity contribution in [3.63, 3.8) is 0 Å². The van der Waals surface area contributed by atoms with Crippen molar-refractivity contribution in [1.82, 2.24) is 19.8 Å². The summed E-state index contributed by atoms with van der Waals surface area (Å²) in [4.78, 5) is 36.0. The first-order valence-corrected chi connectivity index (χ1v) is 18.9. The summed E-state index contributed by atoms with van der Waals surface area (Å²) in [5, 5.41) is 33.0. The normalized spacial score (nSPS) is 32.8. The number of allylic oxidation sites excluding steroid dienone is 2. The van der Waals surface area contributed by atoms with Crippen LogP contribution in [-0.4, -0.2) is 72.0 Å². The largest absolute Gasteiger partial charge is 0.508 e. The Labute approximate surface area is 302 Å². The summed E-state index contributed by atoms with van der Waals surface area (Å²) in [6, 6.07) is 10.9. The molecule has 52 heavy (non-hydrogen) atoms. The number of aliphatic hydroxyl groups excluding tert-OH is 2. The number of hydrogen-bond acceptors (Lipinski definition) is 7. The maximum absolute atomic E-state index is 14.3. The van der Waals surface area contributed by atoms with Crippen LogP contribution in [0.5, 0.6) is 5.75 Å². The van der Waals surface area contributed by atoms with Crippen molar-refractivity contribution in [2.45, 2.75) is 77.7 Å². The number of para-hydroxylation sites is 1. The lowest BCUT2D eigenvalue weighted by Gasteiger charge is -2.46. The van der Waals surface area contributed by atoms with Crippen LogP contribution in [0.25, 0.3) is 21.8 Å². The second-order valence-electron chi connectivity index (χ2n) is 16.3. The Morgan fingerprint density at radius 3 is 1.87 bits per heavy atom. The Kier molecular flexibility index (Phi) is 7.76. The monoisotopic (exact) mass is 706 g/mol. The molecule has 0 saturated heterocycles. The molecule has 272 valence electrons. The molecule has 0 bridgehead atoms. The van der Waals surface area contributed by atoms with Gasteiger partial charge in [0.25, 0.3) is 0 Å². The van der Waals surface area contributed by atoms with Crippen LogP contribution in [0.2, 0.25) is 0 Å². The lowest BCUT2D eigenvalue weighted by atomic mass is 9.73. The predicted molar refractivity (Wildman–Crippen MR) is 196 cm³/mol. The first-order valence-electron chi connectivity index (χ1n) is 18.9. The number of nitrogens with zero attached hydrogens (tertiary/aromatic N) is 2. The zero-order chi connectivity index (χ0) is 36.3. The molecule has 9 nitrogen and oxygen atoms in total. The van der Waals surface area contributed by atoms with Gasteiger partial charge in [0.1, 0.15) is 11.6 Å². The maximum atomic E-state index is 14.3. The van der Waals surface area contributed by atoms with Crippen LogP contribution in [0.15, 0.2) is 59.9 Å². The van der Waals surface area contributed by atoms with Crippen LogP contribution in [0.3, 0.4) is 0 Å². The van der Waals surface area contributed by atoms with Gasteiger partial charge in [-0.25, -0.2) is 4.39 Å². The molecule has 2 fully saturated rings. The van der Waals surface area contributed by atoms with Crippen LogP contribution in [-0.2, 0) is 22.4 Å². The van der Waals surface area contributed by atoms with Crippen molar-refractivity contribution in [1.29, 1.82) is 0 Å². The van der Waals surface area contributed by atoms with Gasteiger partial charge in [0, 0.05) is 64.3 Å². The third-order valence-electron chi connectivity index (χ3n) is 13.7. The molecule has 0 radical (unpaired) electrons. The van der Waals surface area contributed by atoms with E-state index in [0.29, 0.717) is 18.4 Å². The van der Waals surface area contributed by atoms with E-state index in [9.17, 15) is 29.3 Å². The molecule has 2 aromatic heterocycles. The van der Waals surface area contributed by atoms with Crippen molar-refractivity contribution in [3.8, 4) is 5.75 Å². The van der Waals surface area contributed by atoms with Gasteiger partial charge in [-0.05, 0) is 110 Å². The molecule has 4 aliphatic heterocycles. The van der Waals surface area contributed by atoms with E-state index in [0.717, 1.165) is 59.1 Å². The Hall–Kier alpha value is -4.41. The van der Waals surface area contributed by atoms with E-state index in [1.807, 2.05) is 30.6 Å². The SMILES string of the molecule is CC(=O)C1=CN2CCc3c([nH]c4c(F)cccc34)[C@@H]2[C@@H]2[C@@H](C)[C@@H](O)C[C@H]12.CC(=O)C1=CN2CCc3c([nH]c4ccc(O)cc34)[C@@H]2[C@@H]2[C@@H](C)[C@@H](O)C[C@H]12. The van der Waals surface area contributed by atoms with Gasteiger partial charge in [-0.3, -0.25) is 9.59 Å². The number of rotatable bonds is 2. The van der Waals surface area contributed by atoms with E-state index >= 15 is 0 Å². The Bertz CT molecular complexity index is 2190. The van der Waals surface area contributed by atoms with Gasteiger partial charge in [0.2, 0.25) is 0 Å². The number of hydrogen-bond donors (Lipinski definition) is 5. The molecule has 5 N–H and O–H groups in total. The fraction of sp³-hybridized carbons (Fsp3) is 0.476. The van der Waals surface area contributed by atoms with E-state index in [1.165, 1.54) is 22.9 Å². The van der Waals surface area contributed by atoms with Crippen molar-refractivity contribution in [2.24, 2.45) is 35.5 Å². The highest BCUT2D eigenvalue weighted by Gasteiger charge is 2.53. The number of Topliss-reactive ketones (excluding diaryl/α,β-unsaturated/α-hetero) is 2. The molecule has 2 saturated carbocycles. The zero-order valence-corrected chi connectivity index (χ0v) is 30.1. The fourth-order valence-electron chi connectivity index (χ4n) is 11.2. The number of carbonyl (C=O) groups excluding carboxylic acids is 2. The molecule has 10 heteroatoms. The number of H-pyrrole nitrogens is 2. The average molecular weight is 707 g/mol. The minimum absolute atomic E-state index is 0.0609. The van der Waals surface area contributed by atoms with Crippen LogP contribution < -0.4 is 0 Å². The smallest absolute Gasteiger partial charge is 0.157 e. The Balaban J connectivity index is 0.000000138. The summed E-state index contributed by atoms with van der Waals surface area (Å²) >= 11 is 0. The lowest BCUT2D eigenvalue weighted by molar-refractivity contribution is -0.115. The van der Waals surface area contributed by atoms with Gasteiger partial charge >= 0.3 is 0 Å². The number of aromatic nitrogens is 2. The maximum Gasteiger partial charge on any atom is 0.157 e. The lowest BCUT2D eigenvalue weighted by Crippen LogP contribution is -2.44. The number of aliphatic hydroxyl groups is 2. The van der Waals surface area contributed by atoms with Crippen molar-refractivity contribution in [2.75, 3.05) is 13.1 Å². The topological polar surface area (TPSA) is 133 Å². The fourth-order valence-corrected chi connectivity index (χ4v) is 11.2.